The summed E-state index contributed by atoms with van der Waals surface area (Å²) in [4.78, 5) is 13.8. The molecule has 6 heteroatoms. The van der Waals surface area contributed by atoms with Crippen LogP contribution in [-0.4, -0.2) is 23.9 Å². The zero-order chi connectivity index (χ0) is 14.0. The Kier molecular flexibility index (Phi) is 3.90. The van der Waals surface area contributed by atoms with Crippen molar-refractivity contribution in [3.8, 4) is 0 Å². The van der Waals surface area contributed by atoms with Crippen LogP contribution in [0.25, 0.3) is 0 Å². The van der Waals surface area contributed by atoms with Crippen molar-refractivity contribution in [2.75, 3.05) is 24.7 Å². The molecule has 0 saturated carbocycles. The van der Waals surface area contributed by atoms with Gasteiger partial charge >= 0.3 is 0 Å². The fraction of sp³-hybridized carbons (Fsp3) is 0.231. The van der Waals surface area contributed by atoms with Crippen LogP contribution < -0.4 is 16.2 Å². The molecule has 2 rings (SSSR count). The average Bonchev–Trinajstić information content (AvgIpc) is 2.37. The third-order valence-corrected chi connectivity index (χ3v) is 3.77. The van der Waals surface area contributed by atoms with E-state index in [1.54, 1.807) is 18.3 Å². The van der Waals surface area contributed by atoms with Crippen LogP contribution in [-0.2, 0) is 6.54 Å². The first-order valence-corrected chi connectivity index (χ1v) is 6.55. The van der Waals surface area contributed by atoms with Gasteiger partial charge in [-0.1, -0.05) is 12.1 Å². The largest absolute Gasteiger partial charge is 0.398 e. The van der Waals surface area contributed by atoms with Gasteiger partial charge in [0, 0.05) is 30.3 Å². The van der Waals surface area contributed by atoms with Gasteiger partial charge in [0.1, 0.15) is 0 Å². The number of nitrogens with zero attached hydrogens (tertiary/aromatic N) is 3. The molecule has 0 spiro atoms. The molecule has 0 aliphatic heterocycles. The standard InChI is InChI=1S/C13H15BrN4O/c1-17(2)10-6-12(19)18(16-7-10)8-9-4-3-5-11(15)13(9)14/h3-7H,8,15H2,1-2H3. The predicted octanol–water partition coefficient (Wildman–Crippen LogP) is 1.70. The molecule has 0 aliphatic rings. The number of benzene rings is 1. The van der Waals surface area contributed by atoms with E-state index in [1.165, 1.54) is 4.68 Å². The van der Waals surface area contributed by atoms with E-state index in [-0.39, 0.29) is 5.56 Å². The molecule has 0 fully saturated rings. The van der Waals surface area contributed by atoms with Crippen molar-refractivity contribution in [1.82, 2.24) is 9.78 Å². The average molecular weight is 323 g/mol. The second-order valence-electron chi connectivity index (χ2n) is 4.42. The predicted molar refractivity (Wildman–Crippen MR) is 80.5 cm³/mol. The van der Waals surface area contributed by atoms with Gasteiger partial charge in [-0.05, 0) is 27.6 Å². The van der Waals surface area contributed by atoms with Crippen LogP contribution >= 0.6 is 15.9 Å². The summed E-state index contributed by atoms with van der Waals surface area (Å²) in [5.74, 6) is 0. The SMILES string of the molecule is CN(C)c1cnn(Cc2cccc(N)c2Br)c(=O)c1. The molecule has 5 nitrogen and oxygen atoms in total. The molecule has 100 valence electrons. The van der Waals surface area contributed by atoms with Crippen LogP contribution in [0.5, 0.6) is 0 Å². The maximum Gasteiger partial charge on any atom is 0.269 e. The van der Waals surface area contributed by atoms with E-state index in [9.17, 15) is 4.79 Å². The van der Waals surface area contributed by atoms with Gasteiger partial charge in [-0.25, -0.2) is 4.68 Å². The molecule has 2 N–H and O–H groups in total. The number of nitrogen functional groups attached to an aromatic ring is 1. The Labute approximate surface area is 119 Å². The summed E-state index contributed by atoms with van der Waals surface area (Å²) >= 11 is 3.42. The number of hydrogen-bond acceptors (Lipinski definition) is 4. The summed E-state index contributed by atoms with van der Waals surface area (Å²) in [5, 5.41) is 4.17. The fourth-order valence-corrected chi connectivity index (χ4v) is 2.06. The molecule has 0 atom stereocenters. The number of anilines is 2. The first-order chi connectivity index (χ1) is 8.99. The number of rotatable bonds is 3. The summed E-state index contributed by atoms with van der Waals surface area (Å²) in [6, 6.07) is 7.13. The second-order valence-corrected chi connectivity index (χ2v) is 5.22. The fourth-order valence-electron chi connectivity index (χ4n) is 1.67. The molecular weight excluding hydrogens is 308 g/mol. The van der Waals surface area contributed by atoms with Crippen LogP contribution in [0, 0.1) is 0 Å². The Morgan fingerprint density at radius 2 is 2.16 bits per heavy atom. The Balaban J connectivity index is 2.34. The van der Waals surface area contributed by atoms with Gasteiger partial charge in [-0.2, -0.15) is 5.10 Å². The lowest BCUT2D eigenvalue weighted by Crippen LogP contribution is -2.24. The zero-order valence-electron chi connectivity index (χ0n) is 10.8. The number of aromatic nitrogens is 2. The van der Waals surface area contributed by atoms with Crippen LogP contribution in [0.2, 0.25) is 0 Å². The monoisotopic (exact) mass is 322 g/mol. The topological polar surface area (TPSA) is 64.2 Å². The maximum absolute atomic E-state index is 12.0. The molecule has 0 amide bonds. The molecule has 0 unspecified atom stereocenters. The number of nitrogens with two attached hydrogens (primary N) is 1. The summed E-state index contributed by atoms with van der Waals surface area (Å²) in [7, 11) is 3.74. The van der Waals surface area contributed by atoms with Crippen LogP contribution in [0.1, 0.15) is 5.56 Å². The van der Waals surface area contributed by atoms with E-state index < -0.39 is 0 Å². The lowest BCUT2D eigenvalue weighted by molar-refractivity contribution is 0.637. The smallest absolute Gasteiger partial charge is 0.269 e. The third-order valence-electron chi connectivity index (χ3n) is 2.80. The summed E-state index contributed by atoms with van der Waals surface area (Å²) in [6.45, 7) is 0.387. The highest BCUT2D eigenvalue weighted by Gasteiger charge is 2.07. The molecule has 0 saturated heterocycles. The van der Waals surface area contributed by atoms with Gasteiger partial charge < -0.3 is 10.6 Å². The van der Waals surface area contributed by atoms with E-state index in [2.05, 4.69) is 21.0 Å². The van der Waals surface area contributed by atoms with Gasteiger partial charge in [-0.3, -0.25) is 4.79 Å². The first kappa shape index (κ1) is 13.6. The number of halogens is 1. The number of hydrogen-bond donors (Lipinski definition) is 1. The van der Waals surface area contributed by atoms with Gasteiger partial charge in [0.05, 0.1) is 18.4 Å². The quantitative estimate of drug-likeness (QED) is 0.874. The molecule has 0 radical (unpaired) electrons. The lowest BCUT2D eigenvalue weighted by atomic mass is 10.2. The Hall–Kier alpha value is -1.82. The molecule has 1 aromatic carbocycles. The van der Waals surface area contributed by atoms with Gasteiger partial charge in [0.25, 0.3) is 5.56 Å². The lowest BCUT2D eigenvalue weighted by Gasteiger charge is -2.13. The minimum Gasteiger partial charge on any atom is -0.398 e. The highest BCUT2D eigenvalue weighted by atomic mass is 79.9. The minimum atomic E-state index is -0.138. The molecule has 0 bridgehead atoms. The van der Waals surface area contributed by atoms with Gasteiger partial charge in [-0.15, -0.1) is 0 Å². The zero-order valence-corrected chi connectivity index (χ0v) is 12.4. The Morgan fingerprint density at radius 3 is 2.79 bits per heavy atom. The van der Waals surface area contributed by atoms with Crippen LogP contribution in [0.4, 0.5) is 11.4 Å². The minimum absolute atomic E-state index is 0.138. The Morgan fingerprint density at radius 1 is 1.42 bits per heavy atom. The van der Waals surface area contributed by atoms with Crippen molar-refractivity contribution in [3.63, 3.8) is 0 Å². The van der Waals surface area contributed by atoms with Crippen molar-refractivity contribution in [2.45, 2.75) is 6.54 Å². The van der Waals surface area contributed by atoms with E-state index >= 15 is 0 Å². The van der Waals surface area contributed by atoms with E-state index in [4.69, 9.17) is 5.73 Å². The normalized spacial score (nSPS) is 10.5. The summed E-state index contributed by atoms with van der Waals surface area (Å²) in [5.41, 5.74) is 8.03. The summed E-state index contributed by atoms with van der Waals surface area (Å²) in [6.07, 6.45) is 1.67. The molecule has 1 heterocycles. The van der Waals surface area contributed by atoms with Crippen molar-refractivity contribution >= 4 is 27.3 Å². The summed E-state index contributed by atoms with van der Waals surface area (Å²) < 4.78 is 2.22. The van der Waals surface area contributed by atoms with Gasteiger partial charge in [0.15, 0.2) is 0 Å². The van der Waals surface area contributed by atoms with Crippen LogP contribution in [0.3, 0.4) is 0 Å². The van der Waals surface area contributed by atoms with Gasteiger partial charge in [0.2, 0.25) is 0 Å². The molecular formula is C13H15BrN4O. The van der Waals surface area contributed by atoms with Crippen molar-refractivity contribution in [2.24, 2.45) is 0 Å². The van der Waals surface area contributed by atoms with E-state index in [0.717, 1.165) is 15.7 Å². The van der Waals surface area contributed by atoms with Crippen molar-refractivity contribution in [1.29, 1.82) is 0 Å². The maximum atomic E-state index is 12.0. The van der Waals surface area contributed by atoms with Crippen LogP contribution in [0.15, 0.2) is 39.7 Å². The molecule has 0 aliphatic carbocycles. The second kappa shape index (κ2) is 5.44. The third kappa shape index (κ3) is 2.96. The highest BCUT2D eigenvalue weighted by Crippen LogP contribution is 2.23. The van der Waals surface area contributed by atoms with E-state index in [0.29, 0.717) is 12.2 Å². The first-order valence-electron chi connectivity index (χ1n) is 5.76. The Bertz CT molecular complexity index is 651. The van der Waals surface area contributed by atoms with Crippen molar-refractivity contribution in [3.05, 3.63) is 50.9 Å². The highest BCUT2D eigenvalue weighted by molar-refractivity contribution is 9.10. The van der Waals surface area contributed by atoms with Crippen molar-refractivity contribution < 1.29 is 0 Å². The molecule has 1 aromatic heterocycles. The molecule has 2 aromatic rings. The molecule has 19 heavy (non-hydrogen) atoms. The van der Waals surface area contributed by atoms with E-state index in [1.807, 2.05) is 31.1 Å².